The molecule has 25 heavy (non-hydrogen) atoms. The van der Waals surface area contributed by atoms with E-state index in [2.05, 4.69) is 17.2 Å². The molecule has 2 amide bonds. The van der Waals surface area contributed by atoms with Crippen molar-refractivity contribution in [1.82, 2.24) is 5.32 Å². The normalized spacial score (nSPS) is 9.84. The fourth-order valence-corrected chi connectivity index (χ4v) is 2.23. The molecule has 2 rings (SSSR count). The summed E-state index contributed by atoms with van der Waals surface area (Å²) < 4.78 is 10.4. The lowest BCUT2D eigenvalue weighted by Gasteiger charge is -2.13. The van der Waals surface area contributed by atoms with Gasteiger partial charge in [-0.1, -0.05) is 18.2 Å². The second-order valence-electron chi connectivity index (χ2n) is 5.06. The predicted octanol–water partition coefficient (Wildman–Crippen LogP) is 2.87. The van der Waals surface area contributed by atoms with Gasteiger partial charge in [0.15, 0.2) is 0 Å². The molecule has 0 bridgehead atoms. The number of methoxy groups -OCH3 is 2. The highest BCUT2D eigenvalue weighted by atomic mass is 16.5. The summed E-state index contributed by atoms with van der Waals surface area (Å²) in [5, 5.41) is 5.44. The van der Waals surface area contributed by atoms with Gasteiger partial charge < -0.3 is 20.1 Å². The third-order valence-corrected chi connectivity index (χ3v) is 3.48. The van der Waals surface area contributed by atoms with Crippen molar-refractivity contribution in [2.24, 2.45) is 0 Å². The van der Waals surface area contributed by atoms with E-state index in [1.807, 2.05) is 0 Å². The Balaban J connectivity index is 2.27. The minimum Gasteiger partial charge on any atom is -0.497 e. The summed E-state index contributed by atoms with van der Waals surface area (Å²) in [5.74, 6) is 0.281. The van der Waals surface area contributed by atoms with Gasteiger partial charge in [-0.2, -0.15) is 0 Å². The first-order valence-corrected chi connectivity index (χ1v) is 7.62. The van der Waals surface area contributed by atoms with Gasteiger partial charge in [0.05, 0.1) is 31.0 Å². The Morgan fingerprint density at radius 1 is 1.04 bits per heavy atom. The average molecular weight is 340 g/mol. The molecule has 0 aliphatic rings. The highest BCUT2D eigenvalue weighted by Gasteiger charge is 2.17. The molecule has 2 aromatic carbocycles. The zero-order valence-electron chi connectivity index (χ0n) is 14.2. The molecule has 0 fully saturated rings. The lowest BCUT2D eigenvalue weighted by molar-refractivity contribution is 0.0959. The second kappa shape index (κ2) is 8.54. The molecule has 0 spiro atoms. The number of anilines is 1. The lowest BCUT2D eigenvalue weighted by atomic mass is 10.1. The molecule has 0 radical (unpaired) electrons. The summed E-state index contributed by atoms with van der Waals surface area (Å²) in [4.78, 5) is 24.8. The van der Waals surface area contributed by atoms with E-state index in [1.54, 1.807) is 48.5 Å². The van der Waals surface area contributed by atoms with Crippen molar-refractivity contribution < 1.29 is 19.1 Å². The van der Waals surface area contributed by atoms with Crippen LogP contribution in [0.4, 0.5) is 5.69 Å². The van der Waals surface area contributed by atoms with Crippen molar-refractivity contribution in [2.75, 3.05) is 26.1 Å². The summed E-state index contributed by atoms with van der Waals surface area (Å²) in [6, 6.07) is 11.7. The zero-order chi connectivity index (χ0) is 18.2. The first-order valence-electron chi connectivity index (χ1n) is 7.62. The van der Waals surface area contributed by atoms with Crippen LogP contribution in [0.1, 0.15) is 20.7 Å². The topological polar surface area (TPSA) is 76.7 Å². The molecule has 2 aromatic rings. The average Bonchev–Trinajstić information content (AvgIpc) is 2.65. The smallest absolute Gasteiger partial charge is 0.259 e. The second-order valence-corrected chi connectivity index (χ2v) is 5.06. The van der Waals surface area contributed by atoms with E-state index in [9.17, 15) is 9.59 Å². The van der Waals surface area contributed by atoms with E-state index < -0.39 is 0 Å². The van der Waals surface area contributed by atoms with Crippen LogP contribution < -0.4 is 20.1 Å². The molecule has 0 saturated heterocycles. The van der Waals surface area contributed by atoms with E-state index in [4.69, 9.17) is 9.47 Å². The first kappa shape index (κ1) is 18.1. The Kier molecular flexibility index (Phi) is 6.17. The standard InChI is InChI=1S/C19H20N2O4/c1-4-11-20-18(22)14-7-5-6-8-16(14)21-19(23)15-10-9-13(24-2)12-17(15)25-3/h4-10,12H,1,11H2,2-3H3,(H,20,22)(H,21,23). The Bertz CT molecular complexity index is 787. The molecule has 0 unspecified atom stereocenters. The van der Waals surface area contributed by atoms with Crippen molar-refractivity contribution >= 4 is 17.5 Å². The van der Waals surface area contributed by atoms with Crippen molar-refractivity contribution in [1.29, 1.82) is 0 Å². The van der Waals surface area contributed by atoms with Gasteiger partial charge in [-0.15, -0.1) is 6.58 Å². The van der Waals surface area contributed by atoms with Crippen LogP contribution in [0.3, 0.4) is 0 Å². The zero-order valence-corrected chi connectivity index (χ0v) is 14.2. The number of rotatable bonds is 7. The van der Waals surface area contributed by atoms with Crippen LogP contribution in [-0.4, -0.2) is 32.6 Å². The Labute approximate surface area is 146 Å². The van der Waals surface area contributed by atoms with Crippen LogP contribution in [0.2, 0.25) is 0 Å². The molecule has 0 saturated carbocycles. The fourth-order valence-electron chi connectivity index (χ4n) is 2.23. The van der Waals surface area contributed by atoms with Gasteiger partial charge in [0, 0.05) is 12.6 Å². The highest BCUT2D eigenvalue weighted by Crippen LogP contribution is 2.26. The molecular weight excluding hydrogens is 320 g/mol. The predicted molar refractivity (Wildman–Crippen MR) is 96.5 cm³/mol. The number of carbonyl (C=O) groups excluding carboxylic acids is 2. The molecule has 6 heteroatoms. The molecule has 0 atom stereocenters. The highest BCUT2D eigenvalue weighted by molar-refractivity contribution is 6.10. The van der Waals surface area contributed by atoms with Gasteiger partial charge in [-0.05, 0) is 24.3 Å². The summed E-state index contributed by atoms with van der Waals surface area (Å²) in [6.45, 7) is 3.90. The number of para-hydroxylation sites is 1. The van der Waals surface area contributed by atoms with E-state index in [0.717, 1.165) is 0 Å². The first-order chi connectivity index (χ1) is 12.1. The number of nitrogens with one attached hydrogen (secondary N) is 2. The van der Waals surface area contributed by atoms with Crippen molar-refractivity contribution in [3.63, 3.8) is 0 Å². The SMILES string of the molecule is C=CCNC(=O)c1ccccc1NC(=O)c1ccc(OC)cc1OC. The van der Waals surface area contributed by atoms with E-state index in [0.29, 0.717) is 34.9 Å². The quantitative estimate of drug-likeness (QED) is 0.760. The summed E-state index contributed by atoms with van der Waals surface area (Å²) in [7, 11) is 3.01. The Morgan fingerprint density at radius 3 is 2.48 bits per heavy atom. The number of amides is 2. The minimum atomic E-state index is -0.386. The number of carbonyl (C=O) groups is 2. The van der Waals surface area contributed by atoms with Gasteiger partial charge in [0.25, 0.3) is 11.8 Å². The Morgan fingerprint density at radius 2 is 1.80 bits per heavy atom. The number of benzene rings is 2. The van der Waals surface area contributed by atoms with Gasteiger partial charge in [0.2, 0.25) is 0 Å². The fraction of sp³-hybridized carbons (Fsp3) is 0.158. The largest absolute Gasteiger partial charge is 0.497 e. The summed E-state index contributed by atoms with van der Waals surface area (Å²) >= 11 is 0. The molecule has 0 heterocycles. The van der Waals surface area contributed by atoms with Crippen LogP contribution in [-0.2, 0) is 0 Å². The van der Waals surface area contributed by atoms with Crippen molar-refractivity contribution in [3.8, 4) is 11.5 Å². The van der Waals surface area contributed by atoms with Crippen LogP contribution in [0, 0.1) is 0 Å². The minimum absolute atomic E-state index is 0.294. The monoisotopic (exact) mass is 340 g/mol. The van der Waals surface area contributed by atoms with Crippen molar-refractivity contribution in [2.45, 2.75) is 0 Å². The summed E-state index contributed by atoms with van der Waals surface area (Å²) in [6.07, 6.45) is 1.58. The molecule has 130 valence electrons. The van der Waals surface area contributed by atoms with E-state index in [-0.39, 0.29) is 11.8 Å². The maximum atomic E-state index is 12.6. The third kappa shape index (κ3) is 4.38. The van der Waals surface area contributed by atoms with Gasteiger partial charge in [-0.3, -0.25) is 9.59 Å². The van der Waals surface area contributed by atoms with Gasteiger partial charge in [-0.25, -0.2) is 0 Å². The third-order valence-electron chi connectivity index (χ3n) is 3.48. The maximum Gasteiger partial charge on any atom is 0.259 e. The molecule has 0 aliphatic heterocycles. The number of ether oxygens (including phenoxy) is 2. The molecule has 0 aliphatic carbocycles. The van der Waals surface area contributed by atoms with Crippen molar-refractivity contribution in [3.05, 3.63) is 66.2 Å². The number of hydrogen-bond donors (Lipinski definition) is 2. The van der Waals surface area contributed by atoms with Gasteiger partial charge >= 0.3 is 0 Å². The molecule has 0 aromatic heterocycles. The maximum absolute atomic E-state index is 12.6. The molecular formula is C19H20N2O4. The van der Waals surface area contributed by atoms with Gasteiger partial charge in [0.1, 0.15) is 11.5 Å². The van der Waals surface area contributed by atoms with E-state index in [1.165, 1.54) is 14.2 Å². The van der Waals surface area contributed by atoms with Crippen LogP contribution in [0.25, 0.3) is 0 Å². The van der Waals surface area contributed by atoms with Crippen LogP contribution >= 0.6 is 0 Å². The number of hydrogen-bond acceptors (Lipinski definition) is 4. The molecule has 2 N–H and O–H groups in total. The van der Waals surface area contributed by atoms with E-state index >= 15 is 0 Å². The summed E-state index contributed by atoms with van der Waals surface area (Å²) in [5.41, 5.74) is 1.11. The molecule has 6 nitrogen and oxygen atoms in total. The van der Waals surface area contributed by atoms with Crippen LogP contribution in [0.5, 0.6) is 11.5 Å². The Hall–Kier alpha value is -3.28. The van der Waals surface area contributed by atoms with Crippen LogP contribution in [0.15, 0.2) is 55.1 Å². The lowest BCUT2D eigenvalue weighted by Crippen LogP contribution is -2.25.